The Morgan fingerprint density at radius 1 is 1.15 bits per heavy atom. The molecule has 0 saturated heterocycles. The molecular formula is C21H19ClN8O2S2. The van der Waals surface area contributed by atoms with Gasteiger partial charge in [-0.15, -0.1) is 10.2 Å². The van der Waals surface area contributed by atoms with Crippen LogP contribution in [0, 0.1) is 0 Å². The van der Waals surface area contributed by atoms with Crippen molar-refractivity contribution in [2.24, 2.45) is 0 Å². The van der Waals surface area contributed by atoms with Crippen molar-refractivity contribution < 1.29 is 9.53 Å². The molecule has 174 valence electrons. The fourth-order valence-corrected chi connectivity index (χ4v) is 4.67. The highest BCUT2D eigenvalue weighted by atomic mass is 35.5. The van der Waals surface area contributed by atoms with E-state index in [2.05, 4.69) is 36.1 Å². The second-order valence-electron chi connectivity index (χ2n) is 6.64. The van der Waals surface area contributed by atoms with Gasteiger partial charge in [0.2, 0.25) is 11.1 Å². The third-order valence-electron chi connectivity index (χ3n) is 4.44. The lowest BCUT2D eigenvalue weighted by molar-refractivity contribution is 0.0964. The smallest absolute Gasteiger partial charge is 0.253 e. The molecule has 13 heteroatoms. The molecule has 0 aliphatic rings. The maximum Gasteiger partial charge on any atom is 0.253 e. The number of nitrogens with zero attached hydrogens (tertiary/aromatic N) is 4. The molecule has 0 spiro atoms. The molecule has 0 unspecified atom stereocenters. The molecule has 2 heterocycles. The number of nitrogens with one attached hydrogen (secondary N) is 3. The van der Waals surface area contributed by atoms with Gasteiger partial charge in [0.05, 0.1) is 30.2 Å². The summed E-state index contributed by atoms with van der Waals surface area (Å²) < 4.78 is 6.26. The SMILES string of the molecule is CNC(=O)c1ccccc1Nc1nc(Nc2ccc(Sc3nnc(N)s3)cc2OC)ncc1Cl. The van der Waals surface area contributed by atoms with Gasteiger partial charge < -0.3 is 26.4 Å². The maximum atomic E-state index is 12.2. The Hall–Kier alpha value is -3.61. The topological polar surface area (TPSA) is 140 Å². The molecule has 0 fully saturated rings. The van der Waals surface area contributed by atoms with Gasteiger partial charge in [-0.3, -0.25) is 4.79 Å². The number of aromatic nitrogens is 4. The summed E-state index contributed by atoms with van der Waals surface area (Å²) in [7, 11) is 3.14. The molecule has 1 amide bonds. The second kappa shape index (κ2) is 10.5. The van der Waals surface area contributed by atoms with Crippen molar-refractivity contribution in [1.29, 1.82) is 0 Å². The van der Waals surface area contributed by atoms with Crippen LogP contribution in [0.5, 0.6) is 5.75 Å². The van der Waals surface area contributed by atoms with Crippen molar-refractivity contribution in [2.75, 3.05) is 30.5 Å². The van der Waals surface area contributed by atoms with Gasteiger partial charge in [0.1, 0.15) is 10.8 Å². The zero-order valence-electron chi connectivity index (χ0n) is 18.0. The van der Waals surface area contributed by atoms with E-state index in [-0.39, 0.29) is 5.91 Å². The molecule has 5 N–H and O–H groups in total. The van der Waals surface area contributed by atoms with Crippen LogP contribution in [0.4, 0.5) is 28.3 Å². The van der Waals surface area contributed by atoms with Gasteiger partial charge in [0.15, 0.2) is 10.2 Å². The Morgan fingerprint density at radius 3 is 2.71 bits per heavy atom. The zero-order valence-corrected chi connectivity index (χ0v) is 20.4. The predicted molar refractivity (Wildman–Crippen MR) is 135 cm³/mol. The molecule has 34 heavy (non-hydrogen) atoms. The first-order valence-electron chi connectivity index (χ1n) is 9.79. The van der Waals surface area contributed by atoms with E-state index in [1.807, 2.05) is 24.3 Å². The number of hydrogen-bond acceptors (Lipinski definition) is 11. The number of rotatable bonds is 8. The Balaban J connectivity index is 1.56. The number of halogens is 1. The van der Waals surface area contributed by atoms with Crippen LogP contribution < -0.4 is 26.4 Å². The number of benzene rings is 2. The Bertz CT molecular complexity index is 1330. The third kappa shape index (κ3) is 5.47. The zero-order chi connectivity index (χ0) is 24.1. The highest BCUT2D eigenvalue weighted by Gasteiger charge is 2.14. The number of ether oxygens (including phenoxy) is 1. The Labute approximate surface area is 208 Å². The minimum atomic E-state index is -0.231. The van der Waals surface area contributed by atoms with Crippen LogP contribution in [-0.4, -0.2) is 40.2 Å². The largest absolute Gasteiger partial charge is 0.495 e. The van der Waals surface area contributed by atoms with Crippen LogP contribution in [0.1, 0.15) is 10.4 Å². The molecule has 0 aliphatic carbocycles. The fourth-order valence-electron chi connectivity index (χ4n) is 2.89. The first-order valence-corrected chi connectivity index (χ1v) is 11.8. The fraction of sp³-hybridized carbons (Fsp3) is 0.0952. The summed E-state index contributed by atoms with van der Waals surface area (Å²) in [5.41, 5.74) is 7.32. The molecular weight excluding hydrogens is 496 g/mol. The van der Waals surface area contributed by atoms with E-state index in [4.69, 9.17) is 22.1 Å². The lowest BCUT2D eigenvalue weighted by Crippen LogP contribution is -2.19. The predicted octanol–water partition coefficient (Wildman–Crippen LogP) is 4.57. The van der Waals surface area contributed by atoms with Crippen molar-refractivity contribution in [3.05, 3.63) is 59.2 Å². The van der Waals surface area contributed by atoms with Crippen LogP contribution >= 0.6 is 34.7 Å². The molecule has 2 aromatic carbocycles. The van der Waals surface area contributed by atoms with Crippen molar-refractivity contribution in [3.63, 3.8) is 0 Å². The summed E-state index contributed by atoms with van der Waals surface area (Å²) in [4.78, 5) is 21.8. The van der Waals surface area contributed by atoms with Crippen molar-refractivity contribution in [3.8, 4) is 5.75 Å². The van der Waals surface area contributed by atoms with E-state index in [0.717, 1.165) is 9.24 Å². The lowest BCUT2D eigenvalue weighted by Gasteiger charge is -2.14. The number of para-hydroxylation sites is 1. The number of nitrogens with two attached hydrogens (primary N) is 1. The van der Waals surface area contributed by atoms with Gasteiger partial charge in [-0.25, -0.2) is 4.98 Å². The summed E-state index contributed by atoms with van der Waals surface area (Å²) in [6.45, 7) is 0. The van der Waals surface area contributed by atoms with E-state index in [1.165, 1.54) is 29.3 Å². The van der Waals surface area contributed by atoms with E-state index in [0.29, 0.717) is 44.6 Å². The van der Waals surface area contributed by atoms with E-state index in [9.17, 15) is 4.79 Å². The third-order valence-corrected chi connectivity index (χ3v) is 6.51. The molecule has 0 aliphatic heterocycles. The number of methoxy groups -OCH3 is 1. The molecule has 0 radical (unpaired) electrons. The number of amides is 1. The molecule has 0 bridgehead atoms. The van der Waals surface area contributed by atoms with Crippen LogP contribution in [0.15, 0.2) is 57.9 Å². The normalized spacial score (nSPS) is 10.6. The number of hydrogen-bond donors (Lipinski definition) is 4. The van der Waals surface area contributed by atoms with E-state index < -0.39 is 0 Å². The molecule has 4 rings (SSSR count). The highest BCUT2D eigenvalue weighted by molar-refractivity contribution is 8.01. The van der Waals surface area contributed by atoms with Gasteiger partial charge in [-0.1, -0.05) is 46.8 Å². The quantitative estimate of drug-likeness (QED) is 0.264. The average molecular weight is 515 g/mol. The van der Waals surface area contributed by atoms with E-state index in [1.54, 1.807) is 32.4 Å². The van der Waals surface area contributed by atoms with Crippen molar-refractivity contribution in [1.82, 2.24) is 25.5 Å². The van der Waals surface area contributed by atoms with Crippen LogP contribution in [0.3, 0.4) is 0 Å². The minimum Gasteiger partial charge on any atom is -0.495 e. The lowest BCUT2D eigenvalue weighted by atomic mass is 10.1. The molecule has 2 aromatic heterocycles. The Kier molecular flexibility index (Phi) is 7.30. The second-order valence-corrected chi connectivity index (χ2v) is 9.37. The number of carbonyl (C=O) groups excluding carboxylic acids is 1. The van der Waals surface area contributed by atoms with Gasteiger partial charge in [0, 0.05) is 11.9 Å². The van der Waals surface area contributed by atoms with Crippen molar-refractivity contribution >= 4 is 68.9 Å². The average Bonchev–Trinajstić information content (AvgIpc) is 3.26. The first kappa shape index (κ1) is 23.5. The summed E-state index contributed by atoms with van der Waals surface area (Å²) in [5.74, 6) is 0.987. The number of carbonyl (C=O) groups is 1. The Morgan fingerprint density at radius 2 is 1.97 bits per heavy atom. The molecule has 0 saturated carbocycles. The summed E-state index contributed by atoms with van der Waals surface area (Å²) in [5, 5.41) is 17.4. The van der Waals surface area contributed by atoms with Gasteiger partial charge >= 0.3 is 0 Å². The molecule has 10 nitrogen and oxygen atoms in total. The van der Waals surface area contributed by atoms with Crippen molar-refractivity contribution in [2.45, 2.75) is 9.24 Å². The number of nitrogen functional groups attached to an aromatic ring is 1. The van der Waals surface area contributed by atoms with Gasteiger partial charge in [-0.05, 0) is 30.3 Å². The van der Waals surface area contributed by atoms with Crippen LogP contribution in [-0.2, 0) is 0 Å². The highest BCUT2D eigenvalue weighted by Crippen LogP contribution is 2.36. The molecule has 0 atom stereocenters. The van der Waals surface area contributed by atoms with Gasteiger partial charge in [-0.2, -0.15) is 4.98 Å². The first-order chi connectivity index (χ1) is 16.5. The van der Waals surface area contributed by atoms with Crippen LogP contribution in [0.25, 0.3) is 0 Å². The van der Waals surface area contributed by atoms with E-state index >= 15 is 0 Å². The summed E-state index contributed by atoms with van der Waals surface area (Å²) in [6.07, 6.45) is 1.47. The summed E-state index contributed by atoms with van der Waals surface area (Å²) in [6, 6.07) is 12.7. The number of anilines is 5. The van der Waals surface area contributed by atoms with Crippen LogP contribution in [0.2, 0.25) is 5.02 Å². The molecule has 4 aromatic rings. The van der Waals surface area contributed by atoms with Gasteiger partial charge in [0.25, 0.3) is 5.91 Å². The standard InChI is InChI=1S/C21H19ClN8O2S2/c1-24-18(31)12-5-3-4-6-14(12)26-17-13(22)10-25-20(28-17)27-15-8-7-11(9-16(15)32-2)33-21-30-29-19(23)34-21/h3-10H,1-2H3,(H2,23,29)(H,24,31)(H2,25,26,27,28). The monoisotopic (exact) mass is 514 g/mol. The summed E-state index contributed by atoms with van der Waals surface area (Å²) >= 11 is 9.05. The minimum absolute atomic E-state index is 0.231. The maximum absolute atomic E-state index is 12.2.